The number of thiazole rings is 1. The molecule has 0 radical (unpaired) electrons. The first-order valence-electron chi connectivity index (χ1n) is 6.87. The number of nitrogens with zero attached hydrogens (tertiary/aromatic N) is 3. The maximum atomic E-state index is 10.9. The van der Waals surface area contributed by atoms with Crippen LogP contribution in [0.3, 0.4) is 0 Å². The van der Waals surface area contributed by atoms with E-state index in [2.05, 4.69) is 15.5 Å². The molecule has 3 aromatic rings. The van der Waals surface area contributed by atoms with E-state index in [-0.39, 0.29) is 10.7 Å². The molecule has 1 heterocycles. The van der Waals surface area contributed by atoms with Gasteiger partial charge in [-0.1, -0.05) is 48.0 Å². The van der Waals surface area contributed by atoms with Gasteiger partial charge in [0, 0.05) is 22.6 Å². The summed E-state index contributed by atoms with van der Waals surface area (Å²) in [4.78, 5) is 14.8. The molecule has 8 heteroatoms. The lowest BCUT2D eigenvalue weighted by Crippen LogP contribution is -1.93. The second-order valence-corrected chi connectivity index (χ2v) is 6.01. The molecular formula is C16H11ClN4O2S. The van der Waals surface area contributed by atoms with Gasteiger partial charge in [-0.3, -0.25) is 15.5 Å². The Balaban J connectivity index is 1.70. The van der Waals surface area contributed by atoms with Crippen LogP contribution in [0.1, 0.15) is 5.56 Å². The van der Waals surface area contributed by atoms with Gasteiger partial charge in [-0.2, -0.15) is 5.10 Å². The van der Waals surface area contributed by atoms with E-state index in [1.165, 1.54) is 29.7 Å². The lowest BCUT2D eigenvalue weighted by atomic mass is 10.2. The fraction of sp³-hybridized carbons (Fsp3) is 0. The van der Waals surface area contributed by atoms with Crippen LogP contribution in [0.2, 0.25) is 5.02 Å². The zero-order chi connectivity index (χ0) is 16.9. The van der Waals surface area contributed by atoms with Crippen molar-refractivity contribution in [2.75, 3.05) is 5.43 Å². The van der Waals surface area contributed by atoms with Crippen molar-refractivity contribution in [3.8, 4) is 11.3 Å². The Hall–Kier alpha value is -2.77. The second-order valence-electron chi connectivity index (χ2n) is 4.74. The molecule has 0 aliphatic heterocycles. The number of hydrogen-bond donors (Lipinski definition) is 1. The van der Waals surface area contributed by atoms with Crippen molar-refractivity contribution in [2.24, 2.45) is 5.10 Å². The average Bonchev–Trinajstić information content (AvgIpc) is 3.06. The van der Waals surface area contributed by atoms with Gasteiger partial charge in [-0.15, -0.1) is 11.3 Å². The predicted molar refractivity (Wildman–Crippen MR) is 96.9 cm³/mol. The van der Waals surface area contributed by atoms with Gasteiger partial charge >= 0.3 is 0 Å². The molecular weight excluding hydrogens is 348 g/mol. The highest BCUT2D eigenvalue weighted by molar-refractivity contribution is 7.14. The van der Waals surface area contributed by atoms with Crippen molar-refractivity contribution in [3.63, 3.8) is 0 Å². The van der Waals surface area contributed by atoms with Crippen LogP contribution in [0.4, 0.5) is 10.8 Å². The van der Waals surface area contributed by atoms with E-state index in [1.54, 1.807) is 6.07 Å². The predicted octanol–water partition coefficient (Wildman–Crippen LogP) is 4.82. The van der Waals surface area contributed by atoms with Crippen molar-refractivity contribution in [1.82, 2.24) is 4.98 Å². The number of benzene rings is 2. The number of rotatable bonds is 5. The molecule has 1 aromatic heterocycles. The van der Waals surface area contributed by atoms with Gasteiger partial charge in [0.2, 0.25) is 5.13 Å². The van der Waals surface area contributed by atoms with Crippen molar-refractivity contribution < 1.29 is 4.92 Å². The third kappa shape index (κ3) is 3.76. The largest absolute Gasteiger partial charge is 0.288 e. The summed E-state index contributed by atoms with van der Waals surface area (Å²) in [6, 6.07) is 14.3. The summed E-state index contributed by atoms with van der Waals surface area (Å²) in [5.41, 5.74) is 5.13. The zero-order valence-corrected chi connectivity index (χ0v) is 13.8. The Kier molecular flexibility index (Phi) is 4.83. The second kappa shape index (κ2) is 7.20. The summed E-state index contributed by atoms with van der Waals surface area (Å²) < 4.78 is 0. The maximum absolute atomic E-state index is 10.9. The van der Waals surface area contributed by atoms with Crippen LogP contribution in [0, 0.1) is 10.1 Å². The third-order valence-electron chi connectivity index (χ3n) is 3.11. The molecule has 0 spiro atoms. The van der Waals surface area contributed by atoms with Crippen LogP contribution in [-0.2, 0) is 0 Å². The van der Waals surface area contributed by atoms with Crippen molar-refractivity contribution in [1.29, 1.82) is 0 Å². The Bertz CT molecular complexity index is 896. The molecule has 0 bridgehead atoms. The summed E-state index contributed by atoms with van der Waals surface area (Å²) in [6.07, 6.45) is 1.48. The minimum atomic E-state index is -0.528. The Morgan fingerprint density at radius 1 is 1.25 bits per heavy atom. The lowest BCUT2D eigenvalue weighted by Gasteiger charge is -1.97. The fourth-order valence-electron chi connectivity index (χ4n) is 1.98. The van der Waals surface area contributed by atoms with E-state index in [0.717, 1.165) is 11.3 Å². The van der Waals surface area contributed by atoms with Crippen molar-refractivity contribution in [2.45, 2.75) is 0 Å². The highest BCUT2D eigenvalue weighted by Crippen LogP contribution is 2.25. The lowest BCUT2D eigenvalue weighted by molar-refractivity contribution is -0.384. The number of hydrazone groups is 1. The zero-order valence-electron chi connectivity index (χ0n) is 12.2. The van der Waals surface area contributed by atoms with Crippen LogP contribution >= 0.6 is 22.9 Å². The van der Waals surface area contributed by atoms with Crippen LogP contribution in [0.15, 0.2) is 59.0 Å². The fourth-order valence-corrected chi connectivity index (χ4v) is 2.83. The Labute approximate surface area is 146 Å². The highest BCUT2D eigenvalue weighted by atomic mass is 35.5. The molecule has 1 N–H and O–H groups in total. The average molecular weight is 359 g/mol. The van der Waals surface area contributed by atoms with Crippen LogP contribution < -0.4 is 5.43 Å². The van der Waals surface area contributed by atoms with Crippen molar-refractivity contribution >= 4 is 40.0 Å². The smallest absolute Gasteiger partial charge is 0.258 e. The molecule has 0 fully saturated rings. The number of hydrogen-bond acceptors (Lipinski definition) is 6. The first kappa shape index (κ1) is 16.1. The number of anilines is 1. The minimum absolute atomic E-state index is 0.0949. The molecule has 6 nitrogen and oxygen atoms in total. The number of halogens is 1. The molecule has 0 aliphatic carbocycles. The van der Waals surface area contributed by atoms with Crippen LogP contribution in [-0.4, -0.2) is 16.1 Å². The van der Waals surface area contributed by atoms with Gasteiger partial charge in [0.1, 0.15) is 5.02 Å². The SMILES string of the molecule is O=[N+]([O-])c1cc(/C=N/Nc2nc(-c3ccccc3)cs2)ccc1Cl. The molecule has 3 rings (SSSR count). The van der Waals surface area contributed by atoms with E-state index in [9.17, 15) is 10.1 Å². The summed E-state index contributed by atoms with van der Waals surface area (Å²) >= 11 is 7.20. The summed E-state index contributed by atoms with van der Waals surface area (Å²) in [6.45, 7) is 0. The topological polar surface area (TPSA) is 80.4 Å². The molecule has 0 amide bonds. The molecule has 0 saturated heterocycles. The van der Waals surface area contributed by atoms with E-state index >= 15 is 0 Å². The van der Waals surface area contributed by atoms with Crippen molar-refractivity contribution in [3.05, 3.63) is 74.6 Å². The summed E-state index contributed by atoms with van der Waals surface area (Å²) in [5, 5.41) is 17.6. The minimum Gasteiger partial charge on any atom is -0.258 e. The molecule has 0 saturated carbocycles. The molecule has 0 unspecified atom stereocenters. The van der Waals surface area contributed by atoms with E-state index in [4.69, 9.17) is 11.6 Å². The van der Waals surface area contributed by atoms with E-state index in [1.807, 2.05) is 35.7 Å². The normalized spacial score (nSPS) is 10.9. The first-order chi connectivity index (χ1) is 11.6. The van der Waals surface area contributed by atoms with Gasteiger partial charge in [0.05, 0.1) is 16.8 Å². The Morgan fingerprint density at radius 2 is 2.04 bits per heavy atom. The Morgan fingerprint density at radius 3 is 2.79 bits per heavy atom. The number of nitrogens with one attached hydrogen (secondary N) is 1. The number of aromatic nitrogens is 1. The van der Waals surface area contributed by atoms with Crippen LogP contribution in [0.25, 0.3) is 11.3 Å². The van der Waals surface area contributed by atoms with Gasteiger partial charge in [-0.25, -0.2) is 4.98 Å². The van der Waals surface area contributed by atoms with E-state index in [0.29, 0.717) is 10.7 Å². The molecule has 24 heavy (non-hydrogen) atoms. The molecule has 120 valence electrons. The van der Waals surface area contributed by atoms with E-state index < -0.39 is 4.92 Å². The van der Waals surface area contributed by atoms with Gasteiger partial charge < -0.3 is 0 Å². The van der Waals surface area contributed by atoms with Gasteiger partial charge in [0.15, 0.2) is 0 Å². The van der Waals surface area contributed by atoms with Crippen LogP contribution in [0.5, 0.6) is 0 Å². The molecule has 0 aliphatic rings. The third-order valence-corrected chi connectivity index (χ3v) is 4.18. The number of nitro groups is 1. The summed E-state index contributed by atoms with van der Waals surface area (Å²) in [5.74, 6) is 0. The standard InChI is InChI=1S/C16H11ClN4O2S/c17-13-7-6-11(8-15(13)21(22)23)9-18-20-16-19-14(10-24-16)12-4-2-1-3-5-12/h1-10H,(H,19,20)/b18-9+. The number of nitro benzene ring substituents is 1. The quantitative estimate of drug-likeness (QED) is 0.403. The maximum Gasteiger partial charge on any atom is 0.288 e. The molecule has 2 aromatic carbocycles. The van der Waals surface area contributed by atoms with Gasteiger partial charge in [-0.05, 0) is 6.07 Å². The molecule has 0 atom stereocenters. The van der Waals surface area contributed by atoms with Gasteiger partial charge in [0.25, 0.3) is 5.69 Å². The summed E-state index contributed by atoms with van der Waals surface area (Å²) in [7, 11) is 0. The highest BCUT2D eigenvalue weighted by Gasteiger charge is 2.11. The first-order valence-corrected chi connectivity index (χ1v) is 8.13. The monoisotopic (exact) mass is 358 g/mol.